The quantitative estimate of drug-likeness (QED) is 0.802. The highest BCUT2D eigenvalue weighted by molar-refractivity contribution is 7.89. The predicted molar refractivity (Wildman–Crippen MR) is 79.7 cm³/mol. The largest absolute Gasteiger partial charge is 0.244 e. The Morgan fingerprint density at radius 2 is 2.00 bits per heavy atom. The van der Waals surface area contributed by atoms with Gasteiger partial charge in [0, 0.05) is 12.1 Å². The molecule has 5 heteroatoms. The highest BCUT2D eigenvalue weighted by Crippen LogP contribution is 2.27. The first kappa shape index (κ1) is 16.4. The lowest BCUT2D eigenvalue weighted by atomic mass is 10.1. The predicted octanol–water partition coefficient (Wildman–Crippen LogP) is 2.84. The van der Waals surface area contributed by atoms with Gasteiger partial charge in [0.05, 0.1) is 16.5 Å². The van der Waals surface area contributed by atoms with E-state index in [0.717, 1.165) is 0 Å². The first-order valence-electron chi connectivity index (χ1n) is 6.29. The molecule has 0 heterocycles. The van der Waals surface area contributed by atoms with Crippen LogP contribution in [0.15, 0.2) is 35.7 Å². The molecule has 0 aliphatic rings. The summed E-state index contributed by atoms with van der Waals surface area (Å²) in [6.45, 7) is 11.1. The van der Waals surface area contributed by atoms with Gasteiger partial charge in [-0.05, 0) is 45.4 Å². The molecule has 1 rings (SSSR count). The molecule has 0 amide bonds. The van der Waals surface area contributed by atoms with Crippen molar-refractivity contribution in [2.45, 2.75) is 38.1 Å². The van der Waals surface area contributed by atoms with E-state index in [2.05, 4.69) is 6.58 Å². The molecule has 0 aromatic heterocycles. The molecule has 1 aromatic rings. The number of hydrogen-bond acceptors (Lipinski definition) is 3. The Morgan fingerprint density at radius 1 is 1.40 bits per heavy atom. The van der Waals surface area contributed by atoms with Crippen LogP contribution in [0.2, 0.25) is 0 Å². The van der Waals surface area contributed by atoms with Crippen molar-refractivity contribution in [2.24, 2.45) is 0 Å². The zero-order chi connectivity index (χ0) is 15.6. The zero-order valence-electron chi connectivity index (χ0n) is 12.3. The summed E-state index contributed by atoms with van der Waals surface area (Å²) in [7, 11) is -3.67. The Bertz CT molecular complexity index is 649. The van der Waals surface area contributed by atoms with Crippen molar-refractivity contribution in [2.75, 3.05) is 6.54 Å². The van der Waals surface area contributed by atoms with Gasteiger partial charge in [-0.1, -0.05) is 12.1 Å². The Labute approximate surface area is 121 Å². The number of aryl methyl sites for hydroxylation is 1. The summed E-state index contributed by atoms with van der Waals surface area (Å²) in [6, 6.07) is 6.66. The summed E-state index contributed by atoms with van der Waals surface area (Å²) in [6.07, 6.45) is 1.56. The van der Waals surface area contributed by atoms with Crippen LogP contribution in [0.25, 0.3) is 0 Å². The molecular formula is C15H20N2O2S. The second-order valence-corrected chi connectivity index (χ2v) is 7.42. The van der Waals surface area contributed by atoms with Gasteiger partial charge in [0.1, 0.15) is 0 Å². The summed E-state index contributed by atoms with van der Waals surface area (Å²) >= 11 is 0. The molecule has 0 aliphatic carbocycles. The van der Waals surface area contributed by atoms with Crippen LogP contribution in [-0.2, 0) is 10.0 Å². The smallest absolute Gasteiger partial charge is 0.207 e. The molecule has 20 heavy (non-hydrogen) atoms. The maximum atomic E-state index is 12.8. The molecule has 1 aromatic carbocycles. The van der Waals surface area contributed by atoms with E-state index in [4.69, 9.17) is 5.26 Å². The van der Waals surface area contributed by atoms with Crippen molar-refractivity contribution >= 4 is 10.0 Å². The fraction of sp³-hybridized carbons (Fsp3) is 0.400. The van der Waals surface area contributed by atoms with E-state index >= 15 is 0 Å². The van der Waals surface area contributed by atoms with Gasteiger partial charge in [-0.25, -0.2) is 8.42 Å². The third kappa shape index (κ3) is 3.27. The Balaban J connectivity index is 3.49. The summed E-state index contributed by atoms with van der Waals surface area (Å²) < 4.78 is 27.0. The van der Waals surface area contributed by atoms with E-state index < -0.39 is 15.6 Å². The molecule has 0 unspecified atom stereocenters. The fourth-order valence-electron chi connectivity index (χ4n) is 1.92. The van der Waals surface area contributed by atoms with Crippen LogP contribution in [-0.4, -0.2) is 24.8 Å². The van der Waals surface area contributed by atoms with Crippen LogP contribution in [0, 0.1) is 18.3 Å². The second kappa shape index (κ2) is 5.78. The SMILES string of the molecule is C=CCN(C(C)(C)C)S(=O)(=O)c1cc(C#N)ccc1C. The van der Waals surface area contributed by atoms with E-state index in [1.807, 2.05) is 26.8 Å². The molecule has 0 aliphatic heterocycles. The van der Waals surface area contributed by atoms with Crippen LogP contribution < -0.4 is 0 Å². The second-order valence-electron chi connectivity index (χ2n) is 5.59. The van der Waals surface area contributed by atoms with Gasteiger partial charge in [-0.3, -0.25) is 0 Å². The minimum atomic E-state index is -3.67. The van der Waals surface area contributed by atoms with Gasteiger partial charge in [0.2, 0.25) is 10.0 Å². The maximum Gasteiger partial charge on any atom is 0.244 e. The number of sulfonamides is 1. The van der Waals surface area contributed by atoms with E-state index in [-0.39, 0.29) is 11.4 Å². The molecule has 0 bridgehead atoms. The molecule has 0 N–H and O–H groups in total. The third-order valence-corrected chi connectivity index (χ3v) is 5.20. The van der Waals surface area contributed by atoms with Gasteiger partial charge in [0.25, 0.3) is 0 Å². The highest BCUT2D eigenvalue weighted by atomic mass is 32.2. The average Bonchev–Trinajstić information content (AvgIpc) is 2.34. The molecule has 108 valence electrons. The van der Waals surface area contributed by atoms with E-state index in [0.29, 0.717) is 11.1 Å². The number of nitriles is 1. The minimum Gasteiger partial charge on any atom is -0.207 e. The van der Waals surface area contributed by atoms with Gasteiger partial charge in [-0.15, -0.1) is 6.58 Å². The topological polar surface area (TPSA) is 61.2 Å². The Kier molecular flexibility index (Phi) is 4.74. The molecule has 4 nitrogen and oxygen atoms in total. The third-order valence-electron chi connectivity index (χ3n) is 2.93. The minimum absolute atomic E-state index is 0.174. The van der Waals surface area contributed by atoms with Crippen LogP contribution >= 0.6 is 0 Å². The number of benzene rings is 1. The van der Waals surface area contributed by atoms with Crippen LogP contribution in [0.5, 0.6) is 0 Å². The molecular weight excluding hydrogens is 272 g/mol. The van der Waals surface area contributed by atoms with Gasteiger partial charge < -0.3 is 0 Å². The zero-order valence-corrected chi connectivity index (χ0v) is 13.2. The first-order chi connectivity index (χ1) is 9.14. The normalized spacial score (nSPS) is 12.2. The summed E-state index contributed by atoms with van der Waals surface area (Å²) in [5.74, 6) is 0. The van der Waals surface area contributed by atoms with Crippen molar-refractivity contribution in [3.05, 3.63) is 42.0 Å². The molecule has 0 radical (unpaired) electrons. The monoisotopic (exact) mass is 292 g/mol. The summed E-state index contributed by atoms with van der Waals surface area (Å²) in [4.78, 5) is 0.174. The van der Waals surface area contributed by atoms with Crippen molar-refractivity contribution in [3.63, 3.8) is 0 Å². The summed E-state index contributed by atoms with van der Waals surface area (Å²) in [5, 5.41) is 8.95. The molecule has 0 spiro atoms. The Hall–Kier alpha value is -1.64. The number of rotatable bonds is 4. The molecule has 0 saturated carbocycles. The molecule has 0 atom stereocenters. The van der Waals surface area contributed by atoms with Crippen LogP contribution in [0.1, 0.15) is 31.9 Å². The maximum absolute atomic E-state index is 12.8. The van der Waals surface area contributed by atoms with Crippen molar-refractivity contribution < 1.29 is 8.42 Å². The van der Waals surface area contributed by atoms with Gasteiger partial charge in [0.15, 0.2) is 0 Å². The van der Waals surface area contributed by atoms with Crippen molar-refractivity contribution in [1.29, 1.82) is 5.26 Å². The average molecular weight is 292 g/mol. The van der Waals surface area contributed by atoms with Crippen molar-refractivity contribution in [3.8, 4) is 6.07 Å². The lowest BCUT2D eigenvalue weighted by Gasteiger charge is -2.34. The summed E-state index contributed by atoms with van der Waals surface area (Å²) in [5.41, 5.74) is 0.395. The van der Waals surface area contributed by atoms with Crippen LogP contribution in [0.4, 0.5) is 0 Å². The number of nitrogens with zero attached hydrogens (tertiary/aromatic N) is 2. The first-order valence-corrected chi connectivity index (χ1v) is 7.73. The van der Waals surface area contributed by atoms with Crippen molar-refractivity contribution in [1.82, 2.24) is 4.31 Å². The highest BCUT2D eigenvalue weighted by Gasteiger charge is 2.34. The van der Waals surface area contributed by atoms with Gasteiger partial charge in [-0.2, -0.15) is 9.57 Å². The fourth-order valence-corrected chi connectivity index (χ4v) is 3.93. The lowest BCUT2D eigenvalue weighted by Crippen LogP contribution is -2.45. The standard InChI is InChI=1S/C15H20N2O2S/c1-6-9-17(15(3,4)5)20(18,19)14-10-13(11-16)8-7-12(14)2/h6-8,10H,1,9H2,2-5H3. The Morgan fingerprint density at radius 3 is 2.45 bits per heavy atom. The van der Waals surface area contributed by atoms with E-state index in [1.54, 1.807) is 25.1 Å². The lowest BCUT2D eigenvalue weighted by molar-refractivity contribution is 0.269. The van der Waals surface area contributed by atoms with E-state index in [1.165, 1.54) is 10.4 Å². The van der Waals surface area contributed by atoms with Gasteiger partial charge >= 0.3 is 0 Å². The van der Waals surface area contributed by atoms with Crippen LogP contribution in [0.3, 0.4) is 0 Å². The molecule has 0 saturated heterocycles. The van der Waals surface area contributed by atoms with E-state index in [9.17, 15) is 8.42 Å². The molecule has 0 fully saturated rings. The number of hydrogen-bond donors (Lipinski definition) is 0.